The van der Waals surface area contributed by atoms with Crippen molar-refractivity contribution in [1.82, 2.24) is 0 Å². The van der Waals surface area contributed by atoms with Crippen LogP contribution in [0.25, 0.3) is 0 Å². The molecule has 0 spiro atoms. The summed E-state index contributed by atoms with van der Waals surface area (Å²) in [6.45, 7) is 5.45. The Hall–Kier alpha value is -1.84. The van der Waals surface area contributed by atoms with Gasteiger partial charge in [0.05, 0.1) is 5.71 Å². The SMILES string of the molecule is CC(C)=NOC(=O)Nc1cccc(C)c1. The maximum atomic E-state index is 11.2. The van der Waals surface area contributed by atoms with Crippen LogP contribution in [-0.4, -0.2) is 11.8 Å². The number of carbonyl (C=O) groups is 1. The largest absolute Gasteiger partial charge is 0.437 e. The molecule has 4 heteroatoms. The van der Waals surface area contributed by atoms with Gasteiger partial charge in [-0.3, -0.25) is 10.2 Å². The number of anilines is 1. The van der Waals surface area contributed by atoms with Crippen LogP contribution in [0.1, 0.15) is 19.4 Å². The predicted molar refractivity (Wildman–Crippen MR) is 60.1 cm³/mol. The molecule has 0 aliphatic carbocycles. The molecule has 1 amide bonds. The molecule has 4 nitrogen and oxygen atoms in total. The van der Waals surface area contributed by atoms with Crippen molar-refractivity contribution < 1.29 is 9.63 Å². The van der Waals surface area contributed by atoms with Gasteiger partial charge in [-0.2, -0.15) is 0 Å². The van der Waals surface area contributed by atoms with Gasteiger partial charge < -0.3 is 0 Å². The molecule has 0 unspecified atom stereocenters. The topological polar surface area (TPSA) is 50.7 Å². The highest BCUT2D eigenvalue weighted by Crippen LogP contribution is 2.09. The number of nitrogens with zero attached hydrogens (tertiary/aromatic N) is 1. The first kappa shape index (κ1) is 11.2. The van der Waals surface area contributed by atoms with Gasteiger partial charge >= 0.3 is 6.09 Å². The number of hydrogen-bond donors (Lipinski definition) is 1. The Morgan fingerprint density at radius 3 is 2.73 bits per heavy atom. The Morgan fingerprint density at radius 2 is 2.13 bits per heavy atom. The summed E-state index contributed by atoms with van der Waals surface area (Å²) in [5.41, 5.74) is 2.46. The zero-order valence-corrected chi connectivity index (χ0v) is 9.07. The van der Waals surface area contributed by atoms with Gasteiger partial charge in [-0.15, -0.1) is 0 Å². The quantitative estimate of drug-likeness (QED) is 0.459. The minimum atomic E-state index is -0.582. The lowest BCUT2D eigenvalue weighted by molar-refractivity contribution is 0.166. The third-order valence-corrected chi connectivity index (χ3v) is 1.58. The van der Waals surface area contributed by atoms with E-state index in [1.165, 1.54) is 0 Å². The van der Waals surface area contributed by atoms with Crippen LogP contribution in [0, 0.1) is 6.92 Å². The zero-order valence-electron chi connectivity index (χ0n) is 9.07. The van der Waals surface area contributed by atoms with Gasteiger partial charge in [0.2, 0.25) is 0 Å². The summed E-state index contributed by atoms with van der Waals surface area (Å²) in [5, 5.41) is 6.12. The van der Waals surface area contributed by atoms with Crippen molar-refractivity contribution in [3.63, 3.8) is 0 Å². The van der Waals surface area contributed by atoms with Gasteiger partial charge in [0.1, 0.15) is 0 Å². The molecule has 0 saturated heterocycles. The Balaban J connectivity index is 2.55. The Labute approximate surface area is 88.9 Å². The third kappa shape index (κ3) is 4.26. The van der Waals surface area contributed by atoms with E-state index in [1.54, 1.807) is 19.9 Å². The fourth-order valence-electron chi connectivity index (χ4n) is 0.996. The van der Waals surface area contributed by atoms with Crippen molar-refractivity contribution in [1.29, 1.82) is 0 Å². The normalized spacial score (nSPS) is 9.27. The highest BCUT2D eigenvalue weighted by atomic mass is 16.7. The molecule has 80 valence electrons. The maximum Gasteiger partial charge on any atom is 0.437 e. The smallest absolute Gasteiger partial charge is 0.298 e. The molecule has 0 radical (unpaired) electrons. The van der Waals surface area contributed by atoms with Gasteiger partial charge in [-0.1, -0.05) is 17.3 Å². The predicted octanol–water partition coefficient (Wildman–Crippen LogP) is 2.94. The molecule has 1 aromatic carbocycles. The van der Waals surface area contributed by atoms with Crippen LogP contribution in [0.5, 0.6) is 0 Å². The summed E-state index contributed by atoms with van der Waals surface area (Å²) in [7, 11) is 0. The van der Waals surface area contributed by atoms with Crippen LogP contribution in [0.15, 0.2) is 29.4 Å². The first-order valence-corrected chi connectivity index (χ1v) is 4.64. The molecular weight excluding hydrogens is 192 g/mol. The van der Waals surface area contributed by atoms with E-state index >= 15 is 0 Å². The molecule has 0 saturated carbocycles. The number of nitrogens with one attached hydrogen (secondary N) is 1. The van der Waals surface area contributed by atoms with Crippen LogP contribution in [0.2, 0.25) is 0 Å². The van der Waals surface area contributed by atoms with Crippen LogP contribution in [0.4, 0.5) is 10.5 Å². The van der Waals surface area contributed by atoms with E-state index in [9.17, 15) is 4.79 Å². The van der Waals surface area contributed by atoms with Crippen molar-refractivity contribution >= 4 is 17.5 Å². The van der Waals surface area contributed by atoms with Crippen molar-refractivity contribution in [2.45, 2.75) is 20.8 Å². The van der Waals surface area contributed by atoms with Crippen LogP contribution < -0.4 is 5.32 Å². The first-order chi connectivity index (χ1) is 7.08. The molecule has 1 aromatic rings. The van der Waals surface area contributed by atoms with Crippen LogP contribution in [0.3, 0.4) is 0 Å². The van der Waals surface area contributed by atoms with Crippen molar-refractivity contribution in [3.8, 4) is 0 Å². The van der Waals surface area contributed by atoms with E-state index in [0.29, 0.717) is 11.4 Å². The Bertz CT molecular complexity index is 382. The summed E-state index contributed by atoms with van der Waals surface area (Å²) < 4.78 is 0. The molecule has 0 atom stereocenters. The van der Waals surface area contributed by atoms with E-state index in [4.69, 9.17) is 0 Å². The second-order valence-corrected chi connectivity index (χ2v) is 3.41. The highest BCUT2D eigenvalue weighted by Gasteiger charge is 2.01. The second-order valence-electron chi connectivity index (χ2n) is 3.41. The van der Waals surface area contributed by atoms with Gasteiger partial charge in [0, 0.05) is 5.69 Å². The van der Waals surface area contributed by atoms with E-state index in [1.807, 2.05) is 25.1 Å². The first-order valence-electron chi connectivity index (χ1n) is 4.64. The molecule has 0 aromatic heterocycles. The molecule has 0 aliphatic rings. The van der Waals surface area contributed by atoms with Crippen LogP contribution in [-0.2, 0) is 4.84 Å². The van der Waals surface area contributed by atoms with Crippen LogP contribution >= 0.6 is 0 Å². The molecule has 0 aliphatic heterocycles. The number of carbonyl (C=O) groups excluding carboxylic acids is 1. The van der Waals surface area contributed by atoms with Crippen molar-refractivity contribution in [2.24, 2.45) is 5.16 Å². The summed E-state index contributed by atoms with van der Waals surface area (Å²) in [5.74, 6) is 0. The molecule has 0 heterocycles. The minimum Gasteiger partial charge on any atom is -0.298 e. The molecule has 0 fully saturated rings. The molecule has 15 heavy (non-hydrogen) atoms. The van der Waals surface area contributed by atoms with E-state index in [2.05, 4.69) is 15.3 Å². The number of amides is 1. The second kappa shape index (κ2) is 5.14. The standard InChI is InChI=1S/C11H14N2O2/c1-8(2)13-15-11(14)12-10-6-4-5-9(3)7-10/h4-7H,1-3H3,(H,12,14). The van der Waals surface area contributed by atoms with E-state index in [-0.39, 0.29) is 0 Å². The average molecular weight is 206 g/mol. The summed E-state index contributed by atoms with van der Waals surface area (Å²) in [6, 6.07) is 7.45. The molecular formula is C11H14N2O2. The average Bonchev–Trinajstić information content (AvgIpc) is 2.15. The van der Waals surface area contributed by atoms with Gasteiger partial charge in [-0.25, -0.2) is 4.79 Å². The lowest BCUT2D eigenvalue weighted by Gasteiger charge is -2.03. The number of rotatable bonds is 2. The third-order valence-electron chi connectivity index (χ3n) is 1.58. The van der Waals surface area contributed by atoms with E-state index < -0.39 is 6.09 Å². The Morgan fingerprint density at radius 1 is 1.40 bits per heavy atom. The number of oxime groups is 1. The lowest BCUT2D eigenvalue weighted by atomic mass is 10.2. The fourth-order valence-corrected chi connectivity index (χ4v) is 0.996. The number of benzene rings is 1. The minimum absolute atomic E-state index is 0.582. The zero-order chi connectivity index (χ0) is 11.3. The van der Waals surface area contributed by atoms with Crippen molar-refractivity contribution in [3.05, 3.63) is 29.8 Å². The van der Waals surface area contributed by atoms with Gasteiger partial charge in [0.25, 0.3) is 0 Å². The molecule has 1 rings (SSSR count). The van der Waals surface area contributed by atoms with Crippen molar-refractivity contribution in [2.75, 3.05) is 5.32 Å². The summed E-state index contributed by atoms with van der Waals surface area (Å²) in [6.07, 6.45) is -0.582. The fraction of sp³-hybridized carbons (Fsp3) is 0.273. The summed E-state index contributed by atoms with van der Waals surface area (Å²) >= 11 is 0. The van der Waals surface area contributed by atoms with Gasteiger partial charge in [-0.05, 0) is 38.5 Å². The monoisotopic (exact) mass is 206 g/mol. The number of hydrogen-bond acceptors (Lipinski definition) is 3. The number of aryl methyl sites for hydroxylation is 1. The van der Waals surface area contributed by atoms with Gasteiger partial charge in [0.15, 0.2) is 0 Å². The lowest BCUT2D eigenvalue weighted by Crippen LogP contribution is -2.11. The highest BCUT2D eigenvalue weighted by molar-refractivity contribution is 5.86. The van der Waals surface area contributed by atoms with E-state index in [0.717, 1.165) is 5.56 Å². The maximum absolute atomic E-state index is 11.2. The molecule has 1 N–H and O–H groups in total. The molecule has 0 bridgehead atoms. The summed E-state index contributed by atoms with van der Waals surface area (Å²) in [4.78, 5) is 15.8. The Kier molecular flexibility index (Phi) is 3.85.